The quantitative estimate of drug-likeness (QED) is 0.675. The number of carbonyl (C=O) groups excluding carboxylic acids is 2. The molecule has 1 aromatic heterocycles. The first kappa shape index (κ1) is 17.3. The van der Waals surface area contributed by atoms with Crippen LogP contribution in [-0.2, 0) is 4.79 Å². The number of rotatable bonds is 10. The molecule has 21 heavy (non-hydrogen) atoms. The second kappa shape index (κ2) is 10.0. The molecular weight excluding hydrogens is 268 g/mol. The number of carbonyl (C=O) groups is 2. The minimum absolute atomic E-state index is 0.00458. The van der Waals surface area contributed by atoms with Gasteiger partial charge in [0.15, 0.2) is 0 Å². The number of hydrogen-bond acceptors (Lipinski definition) is 3. The molecule has 5 nitrogen and oxygen atoms in total. The van der Waals surface area contributed by atoms with Gasteiger partial charge in [-0.2, -0.15) is 0 Å². The zero-order valence-electron chi connectivity index (χ0n) is 13.1. The van der Waals surface area contributed by atoms with Crippen LogP contribution in [-0.4, -0.2) is 36.3 Å². The molecule has 0 saturated heterocycles. The molecule has 1 rings (SSSR count). The van der Waals surface area contributed by atoms with Gasteiger partial charge in [0.2, 0.25) is 5.91 Å². The van der Waals surface area contributed by atoms with Crippen molar-refractivity contribution in [2.45, 2.75) is 46.0 Å². The van der Waals surface area contributed by atoms with E-state index in [1.54, 1.807) is 11.0 Å². The fraction of sp³-hybridized carbons (Fsp3) is 0.625. The largest absolute Gasteiger partial charge is 0.472 e. The van der Waals surface area contributed by atoms with Crippen LogP contribution in [0.1, 0.15) is 56.3 Å². The molecule has 0 aromatic carbocycles. The van der Waals surface area contributed by atoms with Crippen molar-refractivity contribution in [3.8, 4) is 0 Å². The summed E-state index contributed by atoms with van der Waals surface area (Å²) in [5, 5.41) is 2.87. The molecule has 2 amide bonds. The van der Waals surface area contributed by atoms with Gasteiger partial charge >= 0.3 is 0 Å². The van der Waals surface area contributed by atoms with Gasteiger partial charge in [0.1, 0.15) is 6.26 Å². The highest BCUT2D eigenvalue weighted by atomic mass is 16.3. The van der Waals surface area contributed by atoms with Crippen molar-refractivity contribution in [3.63, 3.8) is 0 Å². The van der Waals surface area contributed by atoms with Crippen LogP contribution in [0.4, 0.5) is 0 Å². The van der Waals surface area contributed by atoms with E-state index in [0.29, 0.717) is 31.6 Å². The summed E-state index contributed by atoms with van der Waals surface area (Å²) in [6.07, 6.45) is 7.27. The van der Waals surface area contributed by atoms with Gasteiger partial charge in [-0.25, -0.2) is 0 Å². The average molecular weight is 294 g/mol. The smallest absolute Gasteiger partial charge is 0.257 e. The predicted molar refractivity (Wildman–Crippen MR) is 82.1 cm³/mol. The van der Waals surface area contributed by atoms with Crippen LogP contribution < -0.4 is 5.32 Å². The number of unbranched alkanes of at least 4 members (excludes halogenated alkanes) is 2. The fourth-order valence-electron chi connectivity index (χ4n) is 1.96. The van der Waals surface area contributed by atoms with Crippen LogP contribution in [0.25, 0.3) is 0 Å². The van der Waals surface area contributed by atoms with E-state index in [1.165, 1.54) is 12.5 Å². The summed E-state index contributed by atoms with van der Waals surface area (Å²) in [5.74, 6) is -0.0662. The minimum Gasteiger partial charge on any atom is -0.472 e. The Morgan fingerprint density at radius 1 is 1.19 bits per heavy atom. The van der Waals surface area contributed by atoms with Crippen LogP contribution in [0.3, 0.4) is 0 Å². The second-order valence-electron chi connectivity index (χ2n) is 5.11. The SMILES string of the molecule is CCCCNC(=O)CCN(CCCC)C(=O)c1ccoc1. The van der Waals surface area contributed by atoms with Gasteiger partial charge < -0.3 is 14.6 Å². The summed E-state index contributed by atoms with van der Waals surface area (Å²) in [5.41, 5.74) is 0.539. The molecule has 0 aliphatic heterocycles. The molecule has 118 valence electrons. The van der Waals surface area contributed by atoms with Gasteiger partial charge in [0.05, 0.1) is 11.8 Å². The van der Waals surface area contributed by atoms with E-state index in [-0.39, 0.29) is 11.8 Å². The van der Waals surface area contributed by atoms with E-state index >= 15 is 0 Å². The van der Waals surface area contributed by atoms with Crippen molar-refractivity contribution in [2.75, 3.05) is 19.6 Å². The number of hydrogen-bond donors (Lipinski definition) is 1. The van der Waals surface area contributed by atoms with E-state index in [2.05, 4.69) is 19.2 Å². The maximum absolute atomic E-state index is 12.3. The summed E-state index contributed by atoms with van der Waals surface area (Å²) in [6, 6.07) is 1.66. The normalized spacial score (nSPS) is 10.4. The van der Waals surface area contributed by atoms with Crippen molar-refractivity contribution in [1.29, 1.82) is 0 Å². The molecule has 5 heteroatoms. The number of furan rings is 1. The highest BCUT2D eigenvalue weighted by Crippen LogP contribution is 2.08. The van der Waals surface area contributed by atoms with Gasteiger partial charge in [0.25, 0.3) is 5.91 Å². The Hall–Kier alpha value is -1.78. The molecular formula is C16H26N2O3. The van der Waals surface area contributed by atoms with Gasteiger partial charge in [-0.1, -0.05) is 26.7 Å². The Balaban J connectivity index is 2.46. The molecule has 0 unspecified atom stereocenters. The van der Waals surface area contributed by atoms with E-state index < -0.39 is 0 Å². The first-order valence-corrected chi connectivity index (χ1v) is 7.77. The highest BCUT2D eigenvalue weighted by molar-refractivity contribution is 5.94. The van der Waals surface area contributed by atoms with Crippen molar-refractivity contribution >= 4 is 11.8 Å². The molecule has 0 atom stereocenters. The molecule has 0 aliphatic rings. The lowest BCUT2D eigenvalue weighted by Gasteiger charge is -2.21. The van der Waals surface area contributed by atoms with Crippen LogP contribution >= 0.6 is 0 Å². The van der Waals surface area contributed by atoms with Crippen LogP contribution in [0.2, 0.25) is 0 Å². The van der Waals surface area contributed by atoms with Gasteiger partial charge in [-0.05, 0) is 18.9 Å². The predicted octanol–water partition coefficient (Wildman–Crippen LogP) is 2.83. The minimum atomic E-state index is -0.0708. The lowest BCUT2D eigenvalue weighted by molar-refractivity contribution is -0.121. The number of nitrogens with zero attached hydrogens (tertiary/aromatic N) is 1. The summed E-state index contributed by atoms with van der Waals surface area (Å²) in [7, 11) is 0. The molecule has 1 heterocycles. The zero-order valence-corrected chi connectivity index (χ0v) is 13.1. The first-order valence-electron chi connectivity index (χ1n) is 7.77. The highest BCUT2D eigenvalue weighted by Gasteiger charge is 2.17. The molecule has 0 fully saturated rings. The van der Waals surface area contributed by atoms with Gasteiger partial charge in [-0.3, -0.25) is 9.59 Å². The first-order chi connectivity index (χ1) is 10.2. The molecule has 1 N–H and O–H groups in total. The van der Waals surface area contributed by atoms with E-state index in [0.717, 1.165) is 25.7 Å². The molecule has 0 radical (unpaired) electrons. The third-order valence-corrected chi connectivity index (χ3v) is 3.30. The maximum atomic E-state index is 12.3. The van der Waals surface area contributed by atoms with Crippen molar-refractivity contribution in [2.24, 2.45) is 0 Å². The number of nitrogens with one attached hydrogen (secondary N) is 1. The third-order valence-electron chi connectivity index (χ3n) is 3.30. The van der Waals surface area contributed by atoms with Crippen molar-refractivity contribution in [3.05, 3.63) is 24.2 Å². The lowest BCUT2D eigenvalue weighted by Crippen LogP contribution is -2.36. The molecule has 0 aliphatic carbocycles. The molecule has 0 bridgehead atoms. The number of amides is 2. The van der Waals surface area contributed by atoms with Crippen LogP contribution in [0.15, 0.2) is 23.0 Å². The fourth-order valence-corrected chi connectivity index (χ4v) is 1.96. The zero-order chi connectivity index (χ0) is 15.5. The van der Waals surface area contributed by atoms with Gasteiger partial charge in [-0.15, -0.1) is 0 Å². The van der Waals surface area contributed by atoms with E-state index in [1.807, 2.05) is 0 Å². The Morgan fingerprint density at radius 2 is 1.95 bits per heavy atom. The summed E-state index contributed by atoms with van der Waals surface area (Å²) in [4.78, 5) is 25.8. The summed E-state index contributed by atoms with van der Waals surface area (Å²) in [6.45, 7) is 5.99. The molecule has 0 saturated carbocycles. The van der Waals surface area contributed by atoms with Crippen LogP contribution in [0, 0.1) is 0 Å². The Labute approximate surface area is 126 Å². The van der Waals surface area contributed by atoms with Crippen LogP contribution in [0.5, 0.6) is 0 Å². The summed E-state index contributed by atoms with van der Waals surface area (Å²) >= 11 is 0. The standard InChI is InChI=1S/C16H26N2O3/c1-3-5-9-17-15(19)7-11-18(10-6-4-2)16(20)14-8-12-21-13-14/h8,12-13H,3-7,9-11H2,1-2H3,(H,17,19). The second-order valence-corrected chi connectivity index (χ2v) is 5.11. The van der Waals surface area contributed by atoms with E-state index in [9.17, 15) is 9.59 Å². The third kappa shape index (κ3) is 6.47. The average Bonchev–Trinajstić information content (AvgIpc) is 3.01. The topological polar surface area (TPSA) is 62.6 Å². The monoisotopic (exact) mass is 294 g/mol. The lowest BCUT2D eigenvalue weighted by atomic mass is 10.2. The molecule has 0 spiro atoms. The molecule has 1 aromatic rings. The maximum Gasteiger partial charge on any atom is 0.257 e. The van der Waals surface area contributed by atoms with E-state index in [4.69, 9.17) is 4.42 Å². The van der Waals surface area contributed by atoms with Gasteiger partial charge in [0, 0.05) is 26.1 Å². The van der Waals surface area contributed by atoms with Crippen molar-refractivity contribution in [1.82, 2.24) is 10.2 Å². The summed E-state index contributed by atoms with van der Waals surface area (Å²) < 4.78 is 4.95. The van der Waals surface area contributed by atoms with Crippen molar-refractivity contribution < 1.29 is 14.0 Å². The Kier molecular flexibility index (Phi) is 8.24. The Bertz CT molecular complexity index is 415. The Morgan fingerprint density at radius 3 is 2.57 bits per heavy atom.